The number of carbonyl (C=O) groups is 2. The normalized spacial score (nSPS) is 12.9. The van der Waals surface area contributed by atoms with Crippen LogP contribution in [-0.2, 0) is 16.0 Å². The van der Waals surface area contributed by atoms with E-state index < -0.39 is 10.8 Å². The van der Waals surface area contributed by atoms with Crippen LogP contribution in [-0.4, -0.2) is 48.2 Å². The topological polar surface area (TPSA) is 126 Å². The Labute approximate surface area is 218 Å². The Morgan fingerprint density at radius 1 is 0.946 bits per heavy atom. The Morgan fingerprint density at radius 2 is 1.59 bits per heavy atom. The highest BCUT2D eigenvalue weighted by Gasteiger charge is 2.22. The lowest BCUT2D eigenvalue weighted by Crippen LogP contribution is -2.39. The van der Waals surface area contributed by atoms with Crippen LogP contribution in [0.25, 0.3) is 0 Å². The third kappa shape index (κ3) is 7.09. The predicted molar refractivity (Wildman–Crippen MR) is 145 cm³/mol. The van der Waals surface area contributed by atoms with Gasteiger partial charge >= 0.3 is 0 Å². The molecule has 0 aromatic heterocycles. The highest BCUT2D eigenvalue weighted by atomic mass is 32.1. The molecule has 1 saturated heterocycles. The molecule has 0 aliphatic carbocycles. The van der Waals surface area contributed by atoms with Crippen LogP contribution in [0, 0.1) is 10.1 Å². The Kier molecular flexibility index (Phi) is 8.39. The molecule has 1 aliphatic rings. The zero-order valence-corrected chi connectivity index (χ0v) is 20.6. The molecule has 3 aromatic rings. The van der Waals surface area contributed by atoms with E-state index in [-0.39, 0.29) is 28.7 Å². The van der Waals surface area contributed by atoms with Gasteiger partial charge in [0.25, 0.3) is 11.6 Å². The molecule has 10 nitrogen and oxygen atoms in total. The van der Waals surface area contributed by atoms with Gasteiger partial charge in [-0.15, -0.1) is 0 Å². The summed E-state index contributed by atoms with van der Waals surface area (Å²) in [5.41, 5.74) is 2.67. The first kappa shape index (κ1) is 25.7. The number of hydrogen-bond donors (Lipinski definition) is 3. The smallest absolute Gasteiger partial charge is 0.270 e. The van der Waals surface area contributed by atoms with Crippen molar-refractivity contribution in [3.05, 3.63) is 94.0 Å². The predicted octanol–water partition coefficient (Wildman–Crippen LogP) is 3.74. The zero-order valence-electron chi connectivity index (χ0n) is 19.8. The molecule has 190 valence electrons. The van der Waals surface area contributed by atoms with E-state index in [1.54, 1.807) is 30.3 Å². The molecule has 0 saturated carbocycles. The molecule has 37 heavy (non-hydrogen) atoms. The molecule has 1 aliphatic heterocycles. The van der Waals surface area contributed by atoms with Crippen LogP contribution in [0.5, 0.6) is 0 Å². The zero-order chi connectivity index (χ0) is 26.2. The second-order valence-electron chi connectivity index (χ2n) is 8.25. The number of nitrogens with one attached hydrogen (secondary N) is 3. The largest absolute Gasteiger partial charge is 0.378 e. The van der Waals surface area contributed by atoms with Crippen molar-refractivity contribution < 1.29 is 19.2 Å². The fourth-order valence-electron chi connectivity index (χ4n) is 3.86. The van der Waals surface area contributed by atoms with E-state index in [4.69, 9.17) is 17.0 Å². The van der Waals surface area contributed by atoms with Crippen molar-refractivity contribution in [1.29, 1.82) is 0 Å². The maximum atomic E-state index is 13.0. The van der Waals surface area contributed by atoms with Gasteiger partial charge in [0, 0.05) is 36.6 Å². The molecule has 1 fully saturated rings. The number of nitro benzene ring substituents is 1. The minimum atomic E-state index is -0.563. The molecule has 4 rings (SSSR count). The number of morpholine rings is 1. The number of anilines is 3. The Bertz CT molecular complexity index is 1290. The van der Waals surface area contributed by atoms with Crippen LogP contribution in [0.2, 0.25) is 0 Å². The minimum Gasteiger partial charge on any atom is -0.378 e. The summed E-state index contributed by atoms with van der Waals surface area (Å²) in [4.78, 5) is 38.0. The Balaban J connectivity index is 1.37. The number of ether oxygens (including phenoxy) is 1. The summed E-state index contributed by atoms with van der Waals surface area (Å²) in [5.74, 6) is -0.699. The van der Waals surface area contributed by atoms with Crippen LogP contribution >= 0.6 is 12.2 Å². The van der Waals surface area contributed by atoms with E-state index in [1.807, 2.05) is 35.2 Å². The molecule has 0 atom stereocenters. The molecule has 0 unspecified atom stereocenters. The van der Waals surface area contributed by atoms with E-state index in [0.29, 0.717) is 43.4 Å². The third-order valence-corrected chi connectivity index (χ3v) is 5.85. The summed E-state index contributed by atoms with van der Waals surface area (Å²) in [5, 5.41) is 19.7. The average Bonchev–Trinajstić information content (AvgIpc) is 2.90. The van der Waals surface area contributed by atoms with Crippen LogP contribution in [0.15, 0.2) is 72.8 Å². The number of thiocarbonyl (C=S) groups is 1. The van der Waals surface area contributed by atoms with Gasteiger partial charge in [-0.3, -0.25) is 25.0 Å². The molecular formula is C26H25N5O5S. The fourth-order valence-corrected chi connectivity index (χ4v) is 4.07. The fraction of sp³-hybridized carbons (Fsp3) is 0.192. The first-order valence-corrected chi connectivity index (χ1v) is 12.0. The molecule has 3 N–H and O–H groups in total. The third-order valence-electron chi connectivity index (χ3n) is 5.65. The second kappa shape index (κ2) is 12.1. The SMILES string of the molecule is O=C(Cc1ccccc1)Nc1ccc(NC(=S)NC(=O)c2cc([N+](=O)[O-])ccc2N2CCOCC2)cc1. The summed E-state index contributed by atoms with van der Waals surface area (Å²) >= 11 is 5.29. The second-order valence-corrected chi connectivity index (χ2v) is 8.66. The minimum absolute atomic E-state index is 0.0327. The first-order chi connectivity index (χ1) is 17.9. The standard InChI is InChI=1S/C26H25N5O5S/c32-24(16-18-4-2-1-3-5-18)27-19-6-8-20(9-7-19)28-26(37)29-25(33)22-17-21(31(34)35)10-11-23(22)30-12-14-36-15-13-30/h1-11,17H,12-16H2,(H,27,32)(H2,28,29,33,37). The van der Waals surface area contributed by atoms with Crippen molar-refractivity contribution in [2.45, 2.75) is 6.42 Å². The van der Waals surface area contributed by atoms with Gasteiger partial charge < -0.3 is 20.3 Å². The summed E-state index contributed by atoms with van der Waals surface area (Å²) in [6.07, 6.45) is 0.265. The summed E-state index contributed by atoms with van der Waals surface area (Å²) in [7, 11) is 0. The number of amides is 2. The number of carbonyl (C=O) groups excluding carboxylic acids is 2. The van der Waals surface area contributed by atoms with Crippen molar-refractivity contribution in [3.8, 4) is 0 Å². The number of non-ortho nitro benzene ring substituents is 1. The number of hydrogen-bond acceptors (Lipinski definition) is 7. The summed E-state index contributed by atoms with van der Waals surface area (Å²) < 4.78 is 5.37. The van der Waals surface area contributed by atoms with Crippen molar-refractivity contribution in [3.63, 3.8) is 0 Å². The van der Waals surface area contributed by atoms with Crippen molar-refractivity contribution >= 4 is 51.9 Å². The molecule has 0 bridgehead atoms. The Hall–Kier alpha value is -4.35. The molecule has 0 radical (unpaired) electrons. The molecule has 3 aromatic carbocycles. The van der Waals surface area contributed by atoms with Crippen LogP contribution < -0.4 is 20.9 Å². The average molecular weight is 520 g/mol. The van der Waals surface area contributed by atoms with E-state index in [9.17, 15) is 19.7 Å². The molecule has 0 spiro atoms. The quantitative estimate of drug-likeness (QED) is 0.245. The number of nitro groups is 1. The van der Waals surface area contributed by atoms with E-state index in [2.05, 4.69) is 16.0 Å². The van der Waals surface area contributed by atoms with Crippen molar-refractivity contribution in [2.24, 2.45) is 0 Å². The van der Waals surface area contributed by atoms with Gasteiger partial charge in [0.1, 0.15) is 0 Å². The van der Waals surface area contributed by atoms with Gasteiger partial charge in [-0.05, 0) is 48.1 Å². The van der Waals surface area contributed by atoms with Gasteiger partial charge in [-0.25, -0.2) is 0 Å². The highest BCUT2D eigenvalue weighted by molar-refractivity contribution is 7.80. The van der Waals surface area contributed by atoms with Crippen LogP contribution in [0.4, 0.5) is 22.7 Å². The molecule has 11 heteroatoms. The maximum Gasteiger partial charge on any atom is 0.270 e. The van der Waals surface area contributed by atoms with Crippen LogP contribution in [0.1, 0.15) is 15.9 Å². The highest BCUT2D eigenvalue weighted by Crippen LogP contribution is 2.26. The van der Waals surface area contributed by atoms with E-state index in [1.165, 1.54) is 12.1 Å². The lowest BCUT2D eigenvalue weighted by atomic mass is 10.1. The van der Waals surface area contributed by atoms with Gasteiger partial charge in [-0.1, -0.05) is 30.3 Å². The van der Waals surface area contributed by atoms with Gasteiger partial charge in [0.2, 0.25) is 5.91 Å². The lowest BCUT2D eigenvalue weighted by Gasteiger charge is -2.30. The summed E-state index contributed by atoms with van der Waals surface area (Å²) in [6, 6.07) is 20.5. The molecular weight excluding hydrogens is 494 g/mol. The van der Waals surface area contributed by atoms with Crippen LogP contribution in [0.3, 0.4) is 0 Å². The number of rotatable bonds is 7. The van der Waals surface area contributed by atoms with E-state index in [0.717, 1.165) is 5.56 Å². The molecule has 2 amide bonds. The van der Waals surface area contributed by atoms with Crippen molar-refractivity contribution in [1.82, 2.24) is 5.32 Å². The summed E-state index contributed by atoms with van der Waals surface area (Å²) in [6.45, 7) is 2.13. The van der Waals surface area contributed by atoms with Gasteiger partial charge in [0.05, 0.1) is 35.8 Å². The maximum absolute atomic E-state index is 13.0. The van der Waals surface area contributed by atoms with Gasteiger partial charge in [-0.2, -0.15) is 0 Å². The number of nitrogens with zero attached hydrogens (tertiary/aromatic N) is 2. The first-order valence-electron chi connectivity index (χ1n) is 11.6. The Morgan fingerprint density at radius 3 is 2.24 bits per heavy atom. The monoisotopic (exact) mass is 519 g/mol. The molecule has 1 heterocycles. The van der Waals surface area contributed by atoms with E-state index >= 15 is 0 Å². The van der Waals surface area contributed by atoms with Gasteiger partial charge in [0.15, 0.2) is 5.11 Å². The lowest BCUT2D eigenvalue weighted by molar-refractivity contribution is -0.384. The van der Waals surface area contributed by atoms with Crippen molar-refractivity contribution in [2.75, 3.05) is 41.8 Å². The number of benzene rings is 3.